The minimum Gasteiger partial charge on any atom is -0.367 e. The summed E-state index contributed by atoms with van der Waals surface area (Å²) in [4.78, 5) is 27.7. The molecule has 6 heteroatoms. The Labute approximate surface area is 200 Å². The van der Waals surface area contributed by atoms with Crippen LogP contribution in [-0.2, 0) is 29.1 Å². The van der Waals surface area contributed by atoms with Crippen LogP contribution in [0.15, 0.2) is 72.8 Å². The third kappa shape index (κ3) is 6.02. The lowest BCUT2D eigenvalue weighted by Crippen LogP contribution is -2.35. The van der Waals surface area contributed by atoms with Gasteiger partial charge in [0.15, 0.2) is 0 Å². The van der Waals surface area contributed by atoms with Crippen LogP contribution in [0, 0.1) is 0 Å². The van der Waals surface area contributed by atoms with Gasteiger partial charge in [0.25, 0.3) is 5.91 Å². The maximum atomic E-state index is 13.1. The third-order valence-corrected chi connectivity index (χ3v) is 5.76. The maximum Gasteiger partial charge on any atom is 0.253 e. The molecule has 0 saturated heterocycles. The molecule has 3 aromatic rings. The molecule has 0 aromatic heterocycles. The van der Waals surface area contributed by atoms with Crippen molar-refractivity contribution in [3.63, 3.8) is 0 Å². The number of benzene rings is 3. The van der Waals surface area contributed by atoms with Crippen molar-refractivity contribution in [2.24, 2.45) is 0 Å². The van der Waals surface area contributed by atoms with Crippen LogP contribution >= 0.6 is 0 Å². The molecule has 0 radical (unpaired) electrons. The summed E-state index contributed by atoms with van der Waals surface area (Å²) >= 11 is 0. The van der Waals surface area contributed by atoms with Crippen molar-refractivity contribution >= 4 is 23.2 Å². The topological polar surface area (TPSA) is 70.7 Å². The van der Waals surface area contributed by atoms with Gasteiger partial charge in [-0.15, -0.1) is 0 Å². The number of carbonyl (C=O) groups excluding carboxylic acids is 2. The number of nitrogens with one attached hydrogen (secondary N) is 2. The first-order valence-electron chi connectivity index (χ1n) is 11.7. The molecule has 4 rings (SSSR count). The fourth-order valence-corrected chi connectivity index (χ4v) is 4.15. The zero-order valence-corrected chi connectivity index (χ0v) is 19.7. The van der Waals surface area contributed by atoms with Crippen LogP contribution < -0.4 is 15.5 Å². The summed E-state index contributed by atoms with van der Waals surface area (Å²) < 4.78 is 5.54. The Bertz CT molecular complexity index is 1140. The van der Waals surface area contributed by atoms with Crippen LogP contribution in [0.4, 0.5) is 11.4 Å². The molecule has 0 unspecified atom stereocenters. The van der Waals surface area contributed by atoms with Crippen molar-refractivity contribution < 1.29 is 14.3 Å². The van der Waals surface area contributed by atoms with E-state index in [2.05, 4.69) is 33.7 Å². The van der Waals surface area contributed by atoms with E-state index in [4.69, 9.17) is 4.74 Å². The molecule has 2 amide bonds. The van der Waals surface area contributed by atoms with Crippen molar-refractivity contribution in [1.29, 1.82) is 0 Å². The average molecular weight is 458 g/mol. The van der Waals surface area contributed by atoms with Gasteiger partial charge in [-0.2, -0.15) is 0 Å². The first-order chi connectivity index (χ1) is 16.5. The smallest absolute Gasteiger partial charge is 0.253 e. The van der Waals surface area contributed by atoms with E-state index >= 15 is 0 Å². The molecule has 3 aromatic carbocycles. The molecule has 0 bridgehead atoms. The van der Waals surface area contributed by atoms with E-state index < -0.39 is 0 Å². The minimum absolute atomic E-state index is 0.00654. The number of fused-ring (bicyclic) bond motifs is 1. The van der Waals surface area contributed by atoms with E-state index in [1.54, 1.807) is 6.07 Å². The highest BCUT2D eigenvalue weighted by Gasteiger charge is 2.22. The van der Waals surface area contributed by atoms with Gasteiger partial charge < -0.3 is 20.3 Å². The number of carbonyl (C=O) groups is 2. The van der Waals surface area contributed by atoms with Crippen LogP contribution in [0.2, 0.25) is 0 Å². The molecule has 1 aliphatic rings. The number of nitrogens with zero attached hydrogens (tertiary/aromatic N) is 1. The van der Waals surface area contributed by atoms with E-state index in [-0.39, 0.29) is 24.5 Å². The van der Waals surface area contributed by atoms with Gasteiger partial charge in [-0.05, 0) is 55.2 Å². The molecule has 0 aliphatic carbocycles. The molecule has 1 heterocycles. The van der Waals surface area contributed by atoms with Crippen LogP contribution in [-0.4, -0.2) is 31.0 Å². The maximum absolute atomic E-state index is 13.1. The molecule has 0 saturated carbocycles. The molecule has 0 spiro atoms. The van der Waals surface area contributed by atoms with Gasteiger partial charge in [-0.1, -0.05) is 54.6 Å². The van der Waals surface area contributed by atoms with E-state index in [1.165, 1.54) is 11.1 Å². The monoisotopic (exact) mass is 457 g/mol. The zero-order valence-electron chi connectivity index (χ0n) is 19.7. The summed E-state index contributed by atoms with van der Waals surface area (Å²) in [5.74, 6) is -0.411. The Balaban J connectivity index is 1.47. The molecule has 0 atom stereocenters. The summed E-state index contributed by atoms with van der Waals surface area (Å²) in [6.45, 7) is 5.75. The fourth-order valence-electron chi connectivity index (χ4n) is 4.15. The lowest BCUT2D eigenvalue weighted by molar-refractivity contribution is -0.121. The van der Waals surface area contributed by atoms with Crippen molar-refractivity contribution in [2.75, 3.05) is 23.4 Å². The second-order valence-corrected chi connectivity index (χ2v) is 8.83. The van der Waals surface area contributed by atoms with Gasteiger partial charge in [0, 0.05) is 30.5 Å². The first-order valence-corrected chi connectivity index (χ1v) is 11.7. The molecule has 2 N–H and O–H groups in total. The van der Waals surface area contributed by atoms with Crippen molar-refractivity contribution in [3.05, 3.63) is 95.1 Å². The Kier molecular flexibility index (Phi) is 7.60. The molecule has 176 valence electrons. The number of anilines is 2. The number of rotatable bonds is 8. The Morgan fingerprint density at radius 1 is 0.971 bits per heavy atom. The van der Waals surface area contributed by atoms with Gasteiger partial charge in [0.05, 0.1) is 12.2 Å². The van der Waals surface area contributed by atoms with Crippen LogP contribution in [0.5, 0.6) is 0 Å². The fraction of sp³-hybridized carbons (Fsp3) is 0.286. The van der Waals surface area contributed by atoms with E-state index in [9.17, 15) is 9.59 Å². The van der Waals surface area contributed by atoms with Crippen molar-refractivity contribution in [3.8, 4) is 0 Å². The van der Waals surface area contributed by atoms with Crippen LogP contribution in [0.3, 0.4) is 0 Å². The summed E-state index contributed by atoms with van der Waals surface area (Å²) in [6, 6.07) is 23.7. The van der Waals surface area contributed by atoms with Crippen LogP contribution in [0.25, 0.3) is 0 Å². The van der Waals surface area contributed by atoms with E-state index in [0.717, 1.165) is 30.8 Å². The largest absolute Gasteiger partial charge is 0.367 e. The molecule has 34 heavy (non-hydrogen) atoms. The lowest BCUT2D eigenvalue weighted by atomic mass is 9.98. The van der Waals surface area contributed by atoms with E-state index in [0.29, 0.717) is 17.9 Å². The Morgan fingerprint density at radius 3 is 2.47 bits per heavy atom. The molecule has 1 aliphatic heterocycles. The van der Waals surface area contributed by atoms with E-state index in [1.807, 2.05) is 62.4 Å². The van der Waals surface area contributed by atoms with Gasteiger partial charge in [-0.3, -0.25) is 9.59 Å². The molecular weight excluding hydrogens is 426 g/mol. The predicted molar refractivity (Wildman–Crippen MR) is 135 cm³/mol. The molecule has 0 fully saturated rings. The third-order valence-electron chi connectivity index (χ3n) is 5.76. The average Bonchev–Trinajstić information content (AvgIpc) is 2.84. The number of hydrogen-bond acceptors (Lipinski definition) is 4. The number of hydrogen-bond donors (Lipinski definition) is 2. The van der Waals surface area contributed by atoms with Gasteiger partial charge >= 0.3 is 0 Å². The normalized spacial score (nSPS) is 12.9. The predicted octanol–water partition coefficient (Wildman–Crippen LogP) is 4.54. The highest BCUT2D eigenvalue weighted by molar-refractivity contribution is 6.02. The first kappa shape index (κ1) is 23.5. The zero-order chi connectivity index (χ0) is 23.9. The standard InChI is InChI=1S/C28H31N3O3/c1-20(2)29-28(33)25-16-24(30-27(32)19-34-18-21-8-4-3-5-9-21)12-13-26(25)31-15-14-22-10-6-7-11-23(22)17-31/h3-13,16,20H,14-15,17-19H2,1-2H3,(H,29,33)(H,30,32). The van der Waals surface area contributed by atoms with Gasteiger partial charge in [0.2, 0.25) is 5.91 Å². The second-order valence-electron chi connectivity index (χ2n) is 8.83. The number of ether oxygens (including phenoxy) is 1. The van der Waals surface area contributed by atoms with Crippen molar-refractivity contribution in [1.82, 2.24) is 5.32 Å². The molecular formula is C28H31N3O3. The second kappa shape index (κ2) is 11.0. The van der Waals surface area contributed by atoms with Crippen molar-refractivity contribution in [2.45, 2.75) is 39.5 Å². The molecule has 6 nitrogen and oxygen atoms in total. The SMILES string of the molecule is CC(C)NC(=O)c1cc(NC(=O)COCc2ccccc2)ccc1N1CCc2ccccc2C1. The summed E-state index contributed by atoms with van der Waals surface area (Å²) in [5, 5.41) is 5.85. The number of amides is 2. The summed E-state index contributed by atoms with van der Waals surface area (Å²) in [5.41, 5.74) is 5.63. The summed E-state index contributed by atoms with van der Waals surface area (Å²) in [6.07, 6.45) is 0.929. The highest BCUT2D eigenvalue weighted by atomic mass is 16.5. The van der Waals surface area contributed by atoms with Gasteiger partial charge in [0.1, 0.15) is 6.61 Å². The lowest BCUT2D eigenvalue weighted by Gasteiger charge is -2.32. The van der Waals surface area contributed by atoms with Crippen LogP contribution in [0.1, 0.15) is 40.9 Å². The Morgan fingerprint density at radius 2 is 1.71 bits per heavy atom. The minimum atomic E-state index is -0.259. The van der Waals surface area contributed by atoms with Gasteiger partial charge in [-0.25, -0.2) is 0 Å². The Hall–Kier alpha value is -3.64. The summed E-state index contributed by atoms with van der Waals surface area (Å²) in [7, 11) is 0. The quantitative estimate of drug-likeness (QED) is 0.521. The highest BCUT2D eigenvalue weighted by Crippen LogP contribution is 2.29.